The number of aliphatic hydroxyl groups excluding tert-OH is 1. The molecule has 128 valence electrons. The lowest BCUT2D eigenvalue weighted by Gasteiger charge is -2.11. The molecule has 0 aromatic heterocycles. The number of hydrogen-bond acceptors (Lipinski definition) is 6. The van der Waals surface area contributed by atoms with Gasteiger partial charge in [-0.1, -0.05) is 6.07 Å². The zero-order valence-corrected chi connectivity index (χ0v) is 13.1. The Morgan fingerprint density at radius 3 is 2.43 bits per heavy atom. The molecule has 0 saturated carbocycles. The van der Waals surface area contributed by atoms with Crippen molar-refractivity contribution in [1.82, 2.24) is 0 Å². The zero-order chi connectivity index (χ0) is 16.9. The summed E-state index contributed by atoms with van der Waals surface area (Å²) < 4.78 is 21.2. The van der Waals surface area contributed by atoms with Gasteiger partial charge in [-0.15, -0.1) is 0 Å². The molecule has 7 heteroatoms. The SMILES string of the molecule is COc1cc(C=CC(=O)O)ccc1OCCOCCOCCO. The number of hydrogen-bond donors (Lipinski definition) is 2. The van der Waals surface area contributed by atoms with E-state index in [1.54, 1.807) is 18.2 Å². The first kappa shape index (κ1) is 19.0. The van der Waals surface area contributed by atoms with Crippen LogP contribution in [-0.2, 0) is 14.3 Å². The molecular weight excluding hydrogens is 304 g/mol. The summed E-state index contributed by atoms with van der Waals surface area (Å²) >= 11 is 0. The monoisotopic (exact) mass is 326 g/mol. The smallest absolute Gasteiger partial charge is 0.328 e. The van der Waals surface area contributed by atoms with Gasteiger partial charge in [0.05, 0.1) is 40.1 Å². The average molecular weight is 326 g/mol. The Hall–Kier alpha value is -2.09. The number of methoxy groups -OCH3 is 1. The number of carbonyl (C=O) groups is 1. The number of ether oxygens (including phenoxy) is 4. The molecule has 0 unspecified atom stereocenters. The van der Waals surface area contributed by atoms with Crippen molar-refractivity contribution in [2.45, 2.75) is 0 Å². The lowest BCUT2D eigenvalue weighted by molar-refractivity contribution is -0.131. The predicted octanol–water partition coefficient (Wildman–Crippen LogP) is 1.20. The van der Waals surface area contributed by atoms with E-state index in [1.807, 2.05) is 0 Å². The Morgan fingerprint density at radius 1 is 1.09 bits per heavy atom. The number of rotatable bonds is 12. The third kappa shape index (κ3) is 8.20. The number of aliphatic hydroxyl groups is 1. The highest BCUT2D eigenvalue weighted by Gasteiger charge is 2.05. The van der Waals surface area contributed by atoms with Gasteiger partial charge in [-0.2, -0.15) is 0 Å². The molecule has 0 saturated heterocycles. The summed E-state index contributed by atoms with van der Waals surface area (Å²) in [5.41, 5.74) is 0.703. The molecule has 0 heterocycles. The lowest BCUT2D eigenvalue weighted by atomic mass is 10.2. The molecule has 0 bridgehead atoms. The molecular formula is C16H22O7. The molecule has 0 aliphatic carbocycles. The van der Waals surface area contributed by atoms with Crippen molar-refractivity contribution >= 4 is 12.0 Å². The minimum absolute atomic E-state index is 0.000550. The number of carboxylic acids is 1. The van der Waals surface area contributed by atoms with Crippen molar-refractivity contribution in [3.8, 4) is 11.5 Å². The minimum Gasteiger partial charge on any atom is -0.493 e. The normalized spacial score (nSPS) is 10.9. The first-order valence-electron chi connectivity index (χ1n) is 7.15. The standard InChI is InChI=1S/C16H22O7/c1-20-15-12-13(3-5-16(18)19)2-4-14(15)23-11-10-22-9-8-21-7-6-17/h2-5,12,17H,6-11H2,1H3,(H,18,19). The summed E-state index contributed by atoms with van der Waals surface area (Å²) in [6.07, 6.45) is 2.53. The van der Waals surface area contributed by atoms with Crippen LogP contribution in [0.25, 0.3) is 6.08 Å². The average Bonchev–Trinajstić information content (AvgIpc) is 2.55. The minimum atomic E-state index is -1.01. The first-order chi connectivity index (χ1) is 11.2. The summed E-state index contributed by atoms with van der Waals surface area (Å²) in [6, 6.07) is 5.14. The van der Waals surface area contributed by atoms with Crippen LogP contribution in [0.5, 0.6) is 11.5 Å². The van der Waals surface area contributed by atoms with Crippen LogP contribution in [0.1, 0.15) is 5.56 Å². The van der Waals surface area contributed by atoms with Crippen LogP contribution >= 0.6 is 0 Å². The van der Waals surface area contributed by atoms with Crippen LogP contribution in [0, 0.1) is 0 Å². The molecule has 23 heavy (non-hydrogen) atoms. The fraction of sp³-hybridized carbons (Fsp3) is 0.438. The van der Waals surface area contributed by atoms with Crippen LogP contribution in [-0.4, -0.2) is 62.9 Å². The maximum Gasteiger partial charge on any atom is 0.328 e. The van der Waals surface area contributed by atoms with E-state index in [0.29, 0.717) is 50.1 Å². The van der Waals surface area contributed by atoms with E-state index < -0.39 is 5.97 Å². The van der Waals surface area contributed by atoms with Crippen LogP contribution < -0.4 is 9.47 Å². The van der Waals surface area contributed by atoms with Crippen molar-refractivity contribution in [1.29, 1.82) is 0 Å². The molecule has 0 spiro atoms. The molecule has 2 N–H and O–H groups in total. The summed E-state index contributed by atoms with van der Waals surface area (Å²) in [4.78, 5) is 10.5. The Morgan fingerprint density at radius 2 is 1.78 bits per heavy atom. The van der Waals surface area contributed by atoms with Gasteiger partial charge in [-0.3, -0.25) is 0 Å². The van der Waals surface area contributed by atoms with Gasteiger partial charge in [0.25, 0.3) is 0 Å². The second kappa shape index (κ2) is 11.5. The second-order valence-corrected chi connectivity index (χ2v) is 4.38. The van der Waals surface area contributed by atoms with Gasteiger partial charge < -0.3 is 29.2 Å². The van der Waals surface area contributed by atoms with Gasteiger partial charge in [0.1, 0.15) is 6.61 Å². The molecule has 0 fully saturated rings. The van der Waals surface area contributed by atoms with Gasteiger partial charge in [0.15, 0.2) is 11.5 Å². The fourth-order valence-electron chi connectivity index (χ4n) is 1.67. The van der Waals surface area contributed by atoms with Gasteiger partial charge >= 0.3 is 5.97 Å². The molecule has 7 nitrogen and oxygen atoms in total. The highest BCUT2D eigenvalue weighted by atomic mass is 16.6. The van der Waals surface area contributed by atoms with Crippen LogP contribution in [0.3, 0.4) is 0 Å². The number of benzene rings is 1. The Kier molecular flexibility index (Phi) is 9.46. The highest BCUT2D eigenvalue weighted by molar-refractivity contribution is 5.85. The molecule has 0 atom stereocenters. The predicted molar refractivity (Wildman–Crippen MR) is 83.9 cm³/mol. The quantitative estimate of drug-likeness (QED) is 0.440. The Labute approximate surface area is 135 Å². The molecule has 0 aliphatic heterocycles. The zero-order valence-electron chi connectivity index (χ0n) is 13.1. The van der Waals surface area contributed by atoms with E-state index in [2.05, 4.69) is 0 Å². The van der Waals surface area contributed by atoms with Crippen molar-refractivity contribution in [3.63, 3.8) is 0 Å². The maximum absolute atomic E-state index is 10.5. The molecule has 1 rings (SSSR count). The maximum atomic E-state index is 10.5. The largest absolute Gasteiger partial charge is 0.493 e. The summed E-state index contributed by atoms with van der Waals surface area (Å²) in [5, 5.41) is 17.1. The van der Waals surface area contributed by atoms with E-state index in [9.17, 15) is 4.79 Å². The number of carboxylic acid groups (broad SMARTS) is 1. The van der Waals surface area contributed by atoms with Gasteiger partial charge in [-0.05, 0) is 23.8 Å². The molecule has 0 radical (unpaired) electrons. The van der Waals surface area contributed by atoms with Crippen molar-refractivity contribution in [2.24, 2.45) is 0 Å². The Balaban J connectivity index is 2.37. The summed E-state index contributed by atoms with van der Waals surface area (Å²) in [7, 11) is 1.52. The summed E-state index contributed by atoms with van der Waals surface area (Å²) in [5.74, 6) is 0.0633. The lowest BCUT2D eigenvalue weighted by Crippen LogP contribution is -2.12. The number of aliphatic carboxylic acids is 1. The third-order valence-corrected chi connectivity index (χ3v) is 2.70. The van der Waals surface area contributed by atoms with Crippen molar-refractivity contribution in [3.05, 3.63) is 29.8 Å². The van der Waals surface area contributed by atoms with Crippen LogP contribution in [0.15, 0.2) is 24.3 Å². The highest BCUT2D eigenvalue weighted by Crippen LogP contribution is 2.28. The van der Waals surface area contributed by atoms with E-state index >= 15 is 0 Å². The van der Waals surface area contributed by atoms with Gasteiger partial charge in [-0.25, -0.2) is 4.79 Å². The Bertz CT molecular complexity index is 499. The van der Waals surface area contributed by atoms with E-state index in [4.69, 9.17) is 29.2 Å². The van der Waals surface area contributed by atoms with Gasteiger partial charge in [0, 0.05) is 6.08 Å². The van der Waals surface area contributed by atoms with E-state index in [-0.39, 0.29) is 6.61 Å². The summed E-state index contributed by atoms with van der Waals surface area (Å²) in [6.45, 7) is 1.90. The first-order valence-corrected chi connectivity index (χ1v) is 7.15. The topological polar surface area (TPSA) is 94.5 Å². The molecule has 0 aliphatic rings. The van der Waals surface area contributed by atoms with Gasteiger partial charge in [0.2, 0.25) is 0 Å². The molecule has 1 aromatic rings. The molecule has 1 aromatic carbocycles. The third-order valence-electron chi connectivity index (χ3n) is 2.70. The second-order valence-electron chi connectivity index (χ2n) is 4.38. The van der Waals surface area contributed by atoms with E-state index in [1.165, 1.54) is 13.2 Å². The van der Waals surface area contributed by atoms with Crippen molar-refractivity contribution < 1.29 is 34.0 Å². The fourth-order valence-corrected chi connectivity index (χ4v) is 1.67. The van der Waals surface area contributed by atoms with Crippen molar-refractivity contribution in [2.75, 3.05) is 46.8 Å². The molecule has 0 amide bonds. The van der Waals surface area contributed by atoms with Crippen LogP contribution in [0.2, 0.25) is 0 Å². The van der Waals surface area contributed by atoms with Crippen LogP contribution in [0.4, 0.5) is 0 Å². The van der Waals surface area contributed by atoms with E-state index in [0.717, 1.165) is 6.08 Å².